The lowest BCUT2D eigenvalue weighted by Crippen LogP contribution is -3.08. The molecule has 14 aromatic rings. The summed E-state index contributed by atoms with van der Waals surface area (Å²) < 4.78 is 11.4. The summed E-state index contributed by atoms with van der Waals surface area (Å²) in [6.07, 6.45) is 0. The van der Waals surface area contributed by atoms with Gasteiger partial charge >= 0.3 is 16.8 Å². The second-order valence-corrected chi connectivity index (χ2v) is 28.9. The van der Waals surface area contributed by atoms with Crippen LogP contribution in [0, 0.1) is 0 Å². The predicted octanol–water partition coefficient (Wildman–Crippen LogP) is 16.4. The first-order valence-corrected chi connectivity index (χ1v) is 32.6. The molecule has 12 aromatic carbocycles. The van der Waals surface area contributed by atoms with Crippen molar-refractivity contribution in [2.24, 2.45) is 0 Å². The molecule has 0 aliphatic carbocycles. The zero-order valence-corrected chi connectivity index (χ0v) is 48.2. The Morgan fingerprint density at radius 3 is 0.690 bits per heavy atom. The molecular weight excluding hydrogens is 1050 g/mol. The molecule has 0 unspecified atom stereocenters. The Hall–Kier alpha value is -10.6. The molecule has 0 amide bonds. The quantitative estimate of drug-likeness (QED) is 0.101. The van der Waals surface area contributed by atoms with Crippen LogP contribution in [-0.4, -0.2) is 25.9 Å². The van der Waals surface area contributed by atoms with Crippen molar-refractivity contribution < 1.29 is 0 Å². The fourth-order valence-electron chi connectivity index (χ4n) is 13.4. The van der Waals surface area contributed by atoms with Crippen molar-refractivity contribution in [3.63, 3.8) is 0 Å². The molecule has 0 spiro atoms. The number of anilines is 8. The molecule has 0 atom stereocenters. The van der Waals surface area contributed by atoms with E-state index in [1.54, 1.807) is 0 Å². The van der Waals surface area contributed by atoms with Crippen LogP contribution in [0.2, 0.25) is 0 Å². The first-order valence-electron chi connectivity index (χ1n) is 28.8. The van der Waals surface area contributed by atoms with Crippen LogP contribution >= 0.6 is 0 Å². The summed E-state index contributed by atoms with van der Waals surface area (Å²) >= 11 is 0. The maximum atomic E-state index is 3.09. The fraction of sp³-hybridized carbons (Fsp3) is 0. The normalized spacial score (nSPS) is 13.4. The number of para-hydroxylation sites is 8. The number of hydrogen-bond donors (Lipinski definition) is 0. The highest BCUT2D eigenvalue weighted by Crippen LogP contribution is 2.58. The van der Waals surface area contributed by atoms with E-state index in [2.05, 4.69) is 379 Å². The van der Waals surface area contributed by atoms with Gasteiger partial charge in [0.1, 0.15) is 11.6 Å². The highest BCUT2D eigenvalue weighted by molar-refractivity contribution is 7.38. The van der Waals surface area contributed by atoms with E-state index in [4.69, 9.17) is 0 Å². The van der Waals surface area contributed by atoms with E-state index >= 15 is 0 Å². The van der Waals surface area contributed by atoms with E-state index in [0.717, 1.165) is 78.9 Å². The molecule has 84 heavy (non-hydrogen) atoms. The summed E-state index contributed by atoms with van der Waals surface area (Å²) in [6, 6.07) is 131. The van der Waals surface area contributed by atoms with Crippen LogP contribution in [-0.2, 0) is 0 Å². The molecule has 1 fully saturated rings. The average Bonchev–Trinajstić information content (AvgIpc) is 1.04. The van der Waals surface area contributed by atoms with Gasteiger partial charge in [0.25, 0.3) is 0 Å². The minimum atomic E-state index is -3.92. The number of aromatic nitrogens is 2. The Kier molecular flexibility index (Phi) is 12.8. The highest BCUT2D eigenvalue weighted by Gasteiger charge is 2.77. The van der Waals surface area contributed by atoms with Gasteiger partial charge in [0.2, 0.25) is 0 Å². The van der Waals surface area contributed by atoms with Gasteiger partial charge in [-0.05, 0) is 106 Å². The second-order valence-electron chi connectivity index (χ2n) is 21.2. The number of nitrogens with zero attached hydrogens (tertiary/aromatic N) is 6. The van der Waals surface area contributed by atoms with Crippen LogP contribution in [0.5, 0.6) is 0 Å². The van der Waals surface area contributed by atoms with E-state index in [0.29, 0.717) is 0 Å². The van der Waals surface area contributed by atoms with Gasteiger partial charge in [-0.2, -0.15) is 0 Å². The van der Waals surface area contributed by atoms with Crippen molar-refractivity contribution in [3.8, 4) is 11.4 Å². The zero-order chi connectivity index (χ0) is 55.9. The Morgan fingerprint density at radius 1 is 0.214 bits per heavy atom. The van der Waals surface area contributed by atoms with Gasteiger partial charge in [-0.25, -0.2) is 0 Å². The number of rotatable bonds is 14. The highest BCUT2D eigenvalue weighted by atomic mass is 28.5. The minimum Gasteiger partial charge on any atom is -0.362 e. The summed E-state index contributed by atoms with van der Waals surface area (Å²) in [4.78, 5) is 5.06. The Labute approximate surface area is 492 Å². The largest absolute Gasteiger partial charge is 0.362 e. The molecule has 1 aliphatic heterocycles. The molecule has 1 saturated heterocycles. The van der Waals surface area contributed by atoms with Crippen LogP contribution in [0.3, 0.4) is 0 Å². The lowest BCUT2D eigenvalue weighted by atomic mass is 10.1. The van der Waals surface area contributed by atoms with Gasteiger partial charge in [-0.1, -0.05) is 267 Å². The lowest BCUT2D eigenvalue weighted by molar-refractivity contribution is 1.03. The van der Waals surface area contributed by atoms with Crippen molar-refractivity contribution in [1.29, 1.82) is 0 Å². The SMILES string of the molecule is c1ccc(N(c2ccccc2)c2c(N3[Si](c4ccccc4)(c4ccccc4)N(c4c(N(c5ccccc5)c5ccccc5)c5ccccc5n4-c4ccccc4)[Si]3(c3ccccc3)c3ccccc3)n(-c3ccccc3)c3ccccc23)cc1. The smallest absolute Gasteiger partial charge is 0.320 e. The molecule has 0 bridgehead atoms. The third kappa shape index (κ3) is 7.91. The molecule has 6 nitrogen and oxygen atoms in total. The molecule has 0 saturated carbocycles. The standard InChI is InChI=1S/C76H58N6Si2/c1-11-35-59(36-12-1)77(60-37-13-2-14-38-60)73-69-55-31-33-57-71(69)79(63-43-19-5-20-44-63)75(73)81-83(65-47-23-7-24-48-65,66-49-25-8-26-50-66)82(84(81,67-51-27-9-28-52-67)68-53-29-10-30-54-68)76-74(78(61-39-15-3-16-40-61)62-41-17-4-18-42-62)70-56-32-34-58-72(70)80(76)64-45-21-6-22-46-64/h1-58H. The molecule has 15 rings (SSSR count). The van der Waals surface area contributed by atoms with Gasteiger partial charge < -0.3 is 18.3 Å². The fourth-order valence-corrected chi connectivity index (χ4v) is 28.6. The van der Waals surface area contributed by atoms with Crippen molar-refractivity contribution in [2.45, 2.75) is 0 Å². The van der Waals surface area contributed by atoms with Crippen molar-refractivity contribution in [2.75, 3.05) is 18.3 Å². The predicted molar refractivity (Wildman–Crippen MR) is 357 cm³/mol. The van der Waals surface area contributed by atoms with Crippen LogP contribution in [0.25, 0.3) is 33.2 Å². The molecule has 0 N–H and O–H groups in total. The maximum Gasteiger partial charge on any atom is 0.320 e. The van der Waals surface area contributed by atoms with Gasteiger partial charge in [0.05, 0.1) is 22.4 Å². The third-order valence-electron chi connectivity index (χ3n) is 16.6. The van der Waals surface area contributed by atoms with E-state index < -0.39 is 16.8 Å². The second kappa shape index (κ2) is 21.4. The number of fused-ring (bicyclic) bond motifs is 2. The van der Waals surface area contributed by atoms with Crippen molar-refractivity contribution in [3.05, 3.63) is 352 Å². The molecule has 8 heteroatoms. The van der Waals surface area contributed by atoms with Gasteiger partial charge in [0, 0.05) is 44.9 Å². The van der Waals surface area contributed by atoms with E-state index in [9.17, 15) is 0 Å². The molecule has 3 heterocycles. The van der Waals surface area contributed by atoms with Gasteiger partial charge in [-0.3, -0.25) is 9.13 Å². The van der Waals surface area contributed by atoms with Gasteiger partial charge in [-0.15, -0.1) is 0 Å². The first kappa shape index (κ1) is 50.3. The summed E-state index contributed by atoms with van der Waals surface area (Å²) in [7, 11) is -7.83. The maximum absolute atomic E-state index is 3.92. The molecular formula is C76H58N6Si2. The van der Waals surface area contributed by atoms with E-state index in [1.807, 2.05) is 0 Å². The zero-order valence-electron chi connectivity index (χ0n) is 46.2. The third-order valence-corrected chi connectivity index (χ3v) is 28.5. The topological polar surface area (TPSA) is 22.8 Å². The van der Waals surface area contributed by atoms with Crippen LogP contribution in [0.15, 0.2) is 352 Å². The molecule has 0 radical (unpaired) electrons. The average molecular weight is 1110 g/mol. The van der Waals surface area contributed by atoms with Crippen LogP contribution in [0.1, 0.15) is 0 Å². The molecule has 1 aliphatic rings. The monoisotopic (exact) mass is 1110 g/mol. The Morgan fingerprint density at radius 2 is 0.429 bits per heavy atom. The minimum absolute atomic E-state index is 1.06. The molecule has 400 valence electrons. The summed E-state index contributed by atoms with van der Waals surface area (Å²) in [6.45, 7) is 0. The summed E-state index contributed by atoms with van der Waals surface area (Å²) in [5, 5.41) is 7.25. The lowest BCUT2D eigenvalue weighted by Gasteiger charge is -2.72. The van der Waals surface area contributed by atoms with E-state index in [1.165, 1.54) is 20.7 Å². The molecule has 2 aromatic heterocycles. The van der Waals surface area contributed by atoms with E-state index in [-0.39, 0.29) is 0 Å². The Bertz CT molecular complexity index is 4070. The summed E-state index contributed by atoms with van der Waals surface area (Å²) in [5.41, 5.74) is 10.8. The number of benzene rings is 12. The van der Waals surface area contributed by atoms with Crippen molar-refractivity contribution in [1.82, 2.24) is 9.13 Å². The number of hydrogen-bond acceptors (Lipinski definition) is 4. The van der Waals surface area contributed by atoms with Crippen LogP contribution < -0.4 is 39.0 Å². The van der Waals surface area contributed by atoms with Gasteiger partial charge in [0.15, 0.2) is 0 Å². The summed E-state index contributed by atoms with van der Waals surface area (Å²) in [5.74, 6) is 2.22. The van der Waals surface area contributed by atoms with Crippen LogP contribution in [0.4, 0.5) is 45.8 Å². The van der Waals surface area contributed by atoms with Crippen molar-refractivity contribution >= 4 is 105 Å². The first-order chi connectivity index (χ1) is 41.8. The Balaban J connectivity index is 1.23.